The highest BCUT2D eigenvalue weighted by molar-refractivity contribution is 9.10. The fraction of sp³-hybridized carbons (Fsp3) is 0.226. The molecule has 0 radical (unpaired) electrons. The molecule has 1 N–H and O–H groups in total. The number of aromatic nitrogens is 1. The van der Waals surface area contributed by atoms with Gasteiger partial charge in [0.15, 0.2) is 4.80 Å². The number of fused-ring (bicyclic) bond motifs is 1. The Morgan fingerprint density at radius 3 is 2.57 bits per heavy atom. The summed E-state index contributed by atoms with van der Waals surface area (Å²) in [7, 11) is 1.54. The molecule has 0 spiro atoms. The molecule has 0 bridgehead atoms. The molecule has 1 atom stereocenters. The first-order valence-electron chi connectivity index (χ1n) is 13.2. The van der Waals surface area contributed by atoms with Crippen molar-refractivity contribution in [1.82, 2.24) is 4.57 Å². The first-order chi connectivity index (χ1) is 20.2. The van der Waals surface area contributed by atoms with Crippen LogP contribution < -0.4 is 19.6 Å². The smallest absolute Gasteiger partial charge is 0.338 e. The lowest BCUT2D eigenvalue weighted by molar-refractivity contribution is -0.139. The number of carboxylic acids is 1. The van der Waals surface area contributed by atoms with E-state index < -0.39 is 18.0 Å². The van der Waals surface area contributed by atoms with Crippen molar-refractivity contribution >= 4 is 45.3 Å². The van der Waals surface area contributed by atoms with Gasteiger partial charge in [-0.3, -0.25) is 9.36 Å². The van der Waals surface area contributed by atoms with E-state index >= 15 is 0 Å². The second-order valence-corrected chi connectivity index (χ2v) is 11.3. The summed E-state index contributed by atoms with van der Waals surface area (Å²) in [5.41, 5.74) is 2.03. The molecule has 5 rings (SSSR count). The van der Waals surface area contributed by atoms with Crippen molar-refractivity contribution in [2.75, 3.05) is 13.7 Å². The maximum Gasteiger partial charge on any atom is 0.338 e. The fourth-order valence-corrected chi connectivity index (χ4v) is 6.20. The third-order valence-electron chi connectivity index (χ3n) is 6.70. The minimum absolute atomic E-state index is 0.174. The number of furan rings is 1. The molecule has 42 heavy (non-hydrogen) atoms. The molecule has 216 valence electrons. The van der Waals surface area contributed by atoms with Gasteiger partial charge in [-0.05, 0) is 55.8 Å². The van der Waals surface area contributed by atoms with Gasteiger partial charge in [0, 0.05) is 21.7 Å². The molecule has 2 aromatic heterocycles. The predicted octanol–water partition coefficient (Wildman–Crippen LogP) is 5.31. The van der Waals surface area contributed by atoms with Gasteiger partial charge in [-0.2, -0.15) is 0 Å². The van der Waals surface area contributed by atoms with Crippen molar-refractivity contribution in [2.45, 2.75) is 32.7 Å². The number of esters is 1. The van der Waals surface area contributed by atoms with Crippen molar-refractivity contribution in [3.05, 3.63) is 107 Å². The summed E-state index contributed by atoms with van der Waals surface area (Å²) in [5, 5.41) is 9.16. The Kier molecular flexibility index (Phi) is 8.60. The number of carboxylic acid groups (broad SMARTS) is 1. The van der Waals surface area contributed by atoms with Crippen molar-refractivity contribution in [3.63, 3.8) is 0 Å². The highest BCUT2D eigenvalue weighted by atomic mass is 79.9. The van der Waals surface area contributed by atoms with Crippen LogP contribution in [0.25, 0.3) is 17.4 Å². The molecule has 0 saturated carbocycles. The summed E-state index contributed by atoms with van der Waals surface area (Å²) in [6.45, 7) is 3.91. The molecular weight excluding hydrogens is 624 g/mol. The third kappa shape index (κ3) is 5.62. The maximum atomic E-state index is 14.0. The first-order valence-corrected chi connectivity index (χ1v) is 14.9. The number of benzene rings is 2. The van der Waals surface area contributed by atoms with E-state index in [9.17, 15) is 14.4 Å². The zero-order valence-corrected chi connectivity index (χ0v) is 25.5. The van der Waals surface area contributed by atoms with E-state index in [0.29, 0.717) is 55.4 Å². The van der Waals surface area contributed by atoms with E-state index in [-0.39, 0.29) is 17.7 Å². The quantitative estimate of drug-likeness (QED) is 0.244. The number of allylic oxidation sites excluding steroid dienone is 1. The van der Waals surface area contributed by atoms with Gasteiger partial charge < -0.3 is 19.0 Å². The third-order valence-corrected chi connectivity index (χ3v) is 8.17. The Labute approximate surface area is 253 Å². The van der Waals surface area contributed by atoms with Gasteiger partial charge in [0.25, 0.3) is 5.56 Å². The number of hydrogen-bond acceptors (Lipinski definition) is 8. The minimum Gasteiger partial charge on any atom is -0.496 e. The second kappa shape index (κ2) is 12.3. The summed E-state index contributed by atoms with van der Waals surface area (Å²) in [4.78, 5) is 43.8. The van der Waals surface area contributed by atoms with E-state index in [2.05, 4.69) is 15.9 Å². The number of halogens is 1. The number of carbonyl (C=O) groups is 2. The van der Waals surface area contributed by atoms with Crippen LogP contribution >= 0.6 is 27.3 Å². The van der Waals surface area contributed by atoms with Crippen LogP contribution in [0.1, 0.15) is 54.4 Å². The summed E-state index contributed by atoms with van der Waals surface area (Å²) in [5.74, 6) is -0.0633. The average molecular weight is 652 g/mol. The number of ether oxygens (including phenoxy) is 2. The number of nitrogens with zero attached hydrogens (tertiary/aromatic N) is 2. The normalized spacial score (nSPS) is 14.9. The van der Waals surface area contributed by atoms with Crippen molar-refractivity contribution < 1.29 is 28.6 Å². The highest BCUT2D eigenvalue weighted by Gasteiger charge is 2.36. The number of aromatic carboxylic acids is 1. The summed E-state index contributed by atoms with van der Waals surface area (Å²) in [6, 6.07) is 14.5. The van der Waals surface area contributed by atoms with Crippen LogP contribution in [-0.2, 0) is 9.53 Å². The molecule has 3 heterocycles. The SMILES string of the molecule is CCCC1=C(C(=O)OCC)[C@H](c2cc(Br)ccc2OC)n2c(s/c(=C/c3ccc(-c4ccc(C(=O)O)cc4)o3)c2=O)=N1. The van der Waals surface area contributed by atoms with Gasteiger partial charge in [0.05, 0.1) is 35.1 Å². The Bertz CT molecular complexity index is 1880. The van der Waals surface area contributed by atoms with Gasteiger partial charge in [0.1, 0.15) is 23.3 Å². The summed E-state index contributed by atoms with van der Waals surface area (Å²) >= 11 is 4.73. The number of methoxy groups -OCH3 is 1. The molecule has 0 aliphatic carbocycles. The van der Waals surface area contributed by atoms with Crippen molar-refractivity contribution in [3.8, 4) is 17.1 Å². The molecule has 4 aromatic rings. The van der Waals surface area contributed by atoms with Crippen LogP contribution in [0.3, 0.4) is 0 Å². The van der Waals surface area contributed by atoms with E-state index in [4.69, 9.17) is 24.0 Å². The molecule has 0 unspecified atom stereocenters. The van der Waals surface area contributed by atoms with Gasteiger partial charge in [-0.25, -0.2) is 14.6 Å². The lowest BCUT2D eigenvalue weighted by atomic mass is 9.93. The molecule has 2 aromatic carbocycles. The predicted molar refractivity (Wildman–Crippen MR) is 161 cm³/mol. The van der Waals surface area contributed by atoms with E-state index in [1.54, 1.807) is 50.4 Å². The first kappa shape index (κ1) is 29.3. The largest absolute Gasteiger partial charge is 0.496 e. The Morgan fingerprint density at radius 1 is 1.14 bits per heavy atom. The fourth-order valence-electron chi connectivity index (χ4n) is 4.83. The van der Waals surface area contributed by atoms with Gasteiger partial charge in [0.2, 0.25) is 0 Å². The Hall–Kier alpha value is -4.22. The zero-order valence-electron chi connectivity index (χ0n) is 23.0. The van der Waals surface area contributed by atoms with Crippen LogP contribution in [0.5, 0.6) is 5.75 Å². The standard InChI is InChI=1S/C31H27BrN2O7S/c1-4-6-22-26(30(38)40-5-2)27(21-15-19(32)11-13-24(21)39-3)34-28(35)25(42-31(34)33-22)16-20-12-14-23(41-20)17-7-9-18(10-8-17)29(36)37/h7-16,27H,4-6H2,1-3H3,(H,36,37)/b25-16+/t27-/m0/s1. The average Bonchev–Trinajstić information content (AvgIpc) is 3.57. The summed E-state index contributed by atoms with van der Waals surface area (Å²) in [6.07, 6.45) is 2.90. The van der Waals surface area contributed by atoms with Crippen LogP contribution in [0.4, 0.5) is 0 Å². The topological polar surface area (TPSA) is 120 Å². The van der Waals surface area contributed by atoms with Gasteiger partial charge in [-0.15, -0.1) is 0 Å². The van der Waals surface area contributed by atoms with Crippen LogP contribution in [-0.4, -0.2) is 35.3 Å². The van der Waals surface area contributed by atoms with Crippen LogP contribution in [0, 0.1) is 0 Å². The van der Waals surface area contributed by atoms with E-state index in [1.807, 2.05) is 19.1 Å². The van der Waals surface area contributed by atoms with E-state index in [0.717, 1.165) is 10.9 Å². The summed E-state index contributed by atoms with van der Waals surface area (Å²) < 4.78 is 19.8. The molecule has 0 amide bonds. The molecule has 1 aliphatic heterocycles. The number of carbonyl (C=O) groups excluding carboxylic acids is 1. The number of thiazole rings is 1. The molecular formula is C31H27BrN2O7S. The molecule has 0 fully saturated rings. The highest BCUT2D eigenvalue weighted by Crippen LogP contribution is 2.38. The lowest BCUT2D eigenvalue weighted by Gasteiger charge is -2.27. The Morgan fingerprint density at radius 2 is 1.90 bits per heavy atom. The maximum absolute atomic E-state index is 14.0. The molecule has 0 saturated heterocycles. The van der Waals surface area contributed by atoms with Gasteiger partial charge >= 0.3 is 11.9 Å². The molecule has 9 nitrogen and oxygen atoms in total. The van der Waals surface area contributed by atoms with E-state index in [1.165, 1.54) is 28.0 Å². The van der Waals surface area contributed by atoms with Crippen LogP contribution in [0.2, 0.25) is 0 Å². The number of hydrogen-bond donors (Lipinski definition) is 1. The van der Waals surface area contributed by atoms with Gasteiger partial charge in [-0.1, -0.05) is 52.7 Å². The lowest BCUT2D eigenvalue weighted by Crippen LogP contribution is -2.40. The number of rotatable bonds is 9. The van der Waals surface area contributed by atoms with Crippen molar-refractivity contribution in [2.24, 2.45) is 4.99 Å². The molecule has 1 aliphatic rings. The van der Waals surface area contributed by atoms with Crippen LogP contribution in [0.15, 0.2) is 84.5 Å². The second-order valence-electron chi connectivity index (χ2n) is 9.38. The monoisotopic (exact) mass is 650 g/mol. The van der Waals surface area contributed by atoms with Crippen molar-refractivity contribution in [1.29, 1.82) is 0 Å². The Balaban J connectivity index is 1.67. The minimum atomic E-state index is -1.01. The zero-order chi connectivity index (χ0) is 30.0. The molecule has 11 heteroatoms.